The molecular formula is C19H17Cl2N3O7. The molecule has 164 valence electrons. The second-order valence-electron chi connectivity index (χ2n) is 6.50. The fourth-order valence-electron chi connectivity index (χ4n) is 2.75. The van der Waals surface area contributed by atoms with E-state index in [0.29, 0.717) is 5.02 Å². The second kappa shape index (κ2) is 9.82. The smallest absolute Gasteiger partial charge is 0.271 e. The number of halogens is 2. The molecule has 1 unspecified atom stereocenters. The summed E-state index contributed by atoms with van der Waals surface area (Å²) in [5, 5.41) is 24.0. The number of ether oxygens (including phenoxy) is 2. The van der Waals surface area contributed by atoms with E-state index in [1.807, 2.05) is 0 Å². The summed E-state index contributed by atoms with van der Waals surface area (Å²) < 4.78 is 10.6. The number of nitro benzene ring substituents is 1. The summed E-state index contributed by atoms with van der Waals surface area (Å²) in [4.78, 5) is 36.0. The van der Waals surface area contributed by atoms with Crippen molar-refractivity contribution >= 4 is 46.4 Å². The van der Waals surface area contributed by atoms with E-state index in [-0.39, 0.29) is 47.7 Å². The summed E-state index contributed by atoms with van der Waals surface area (Å²) in [5.41, 5.74) is -0.116. The van der Waals surface area contributed by atoms with Gasteiger partial charge >= 0.3 is 0 Å². The molecule has 1 heterocycles. The van der Waals surface area contributed by atoms with Gasteiger partial charge in [0.2, 0.25) is 5.91 Å². The average Bonchev–Trinajstić information content (AvgIpc) is 2.75. The van der Waals surface area contributed by atoms with E-state index in [1.165, 1.54) is 12.1 Å². The number of aliphatic hydroxyl groups excluding tert-OH is 1. The molecule has 0 spiro atoms. The van der Waals surface area contributed by atoms with Crippen LogP contribution in [0.3, 0.4) is 0 Å². The molecule has 3 rings (SSSR count). The van der Waals surface area contributed by atoms with Crippen molar-refractivity contribution in [1.29, 1.82) is 0 Å². The molecule has 2 amide bonds. The number of fused-ring (bicyclic) bond motifs is 1. The van der Waals surface area contributed by atoms with Crippen LogP contribution < -0.4 is 19.7 Å². The molecule has 1 aliphatic heterocycles. The predicted molar refractivity (Wildman–Crippen MR) is 112 cm³/mol. The maximum absolute atomic E-state index is 12.3. The highest BCUT2D eigenvalue weighted by molar-refractivity contribution is 6.42. The Balaban J connectivity index is 1.56. The van der Waals surface area contributed by atoms with E-state index in [9.17, 15) is 24.8 Å². The molecule has 12 heteroatoms. The molecule has 10 nitrogen and oxygen atoms in total. The van der Waals surface area contributed by atoms with Gasteiger partial charge in [-0.3, -0.25) is 24.6 Å². The molecule has 2 aromatic carbocycles. The molecule has 0 aromatic heterocycles. The summed E-state index contributed by atoms with van der Waals surface area (Å²) in [7, 11) is 0. The lowest BCUT2D eigenvalue weighted by Crippen LogP contribution is -2.46. The first-order valence-electron chi connectivity index (χ1n) is 8.99. The number of nitrogens with zero attached hydrogens (tertiary/aromatic N) is 2. The fraction of sp³-hybridized carbons (Fsp3) is 0.263. The second-order valence-corrected chi connectivity index (χ2v) is 7.28. The van der Waals surface area contributed by atoms with Gasteiger partial charge in [0, 0.05) is 18.7 Å². The monoisotopic (exact) mass is 469 g/mol. The quantitative estimate of drug-likeness (QED) is 0.447. The zero-order valence-corrected chi connectivity index (χ0v) is 17.4. The highest BCUT2D eigenvalue weighted by Crippen LogP contribution is 2.35. The largest absolute Gasteiger partial charge is 0.489 e. The van der Waals surface area contributed by atoms with Crippen molar-refractivity contribution in [3.63, 3.8) is 0 Å². The van der Waals surface area contributed by atoms with Crippen LogP contribution in [0.5, 0.6) is 11.5 Å². The van der Waals surface area contributed by atoms with Crippen LogP contribution in [0.2, 0.25) is 10.0 Å². The van der Waals surface area contributed by atoms with Gasteiger partial charge in [0.05, 0.1) is 15.6 Å². The van der Waals surface area contributed by atoms with Crippen LogP contribution >= 0.6 is 23.2 Å². The molecule has 0 saturated heterocycles. The molecule has 0 saturated carbocycles. The lowest BCUT2D eigenvalue weighted by molar-refractivity contribution is -0.384. The summed E-state index contributed by atoms with van der Waals surface area (Å²) >= 11 is 11.9. The summed E-state index contributed by atoms with van der Waals surface area (Å²) in [6.45, 7) is -1.01. The zero-order chi connectivity index (χ0) is 22.5. The molecule has 2 aromatic rings. The summed E-state index contributed by atoms with van der Waals surface area (Å²) in [6.07, 6.45) is -1.06. The molecule has 0 bridgehead atoms. The predicted octanol–water partition coefficient (Wildman–Crippen LogP) is 2.18. The van der Waals surface area contributed by atoms with Crippen molar-refractivity contribution in [1.82, 2.24) is 5.32 Å². The van der Waals surface area contributed by atoms with Gasteiger partial charge in [-0.25, -0.2) is 0 Å². The lowest BCUT2D eigenvalue weighted by Gasteiger charge is -2.28. The summed E-state index contributed by atoms with van der Waals surface area (Å²) in [5.74, 6) is -0.559. The van der Waals surface area contributed by atoms with Gasteiger partial charge in [0.1, 0.15) is 35.8 Å². The molecule has 1 aliphatic rings. The van der Waals surface area contributed by atoms with Gasteiger partial charge < -0.3 is 19.9 Å². The van der Waals surface area contributed by atoms with E-state index >= 15 is 0 Å². The fourth-order valence-corrected chi connectivity index (χ4v) is 3.10. The molecule has 1 atom stereocenters. The minimum atomic E-state index is -1.06. The third-order valence-corrected chi connectivity index (χ3v) is 5.08. The SMILES string of the molecule is O=C(CN1C(=O)COc2ccc([N+](=O)[O-])cc21)NCC(O)COc1cccc(Cl)c1Cl. The van der Waals surface area contributed by atoms with Crippen molar-refractivity contribution in [2.45, 2.75) is 6.10 Å². The topological polar surface area (TPSA) is 131 Å². The Morgan fingerprint density at radius 2 is 2.13 bits per heavy atom. The number of non-ortho nitro benzene ring substituents is 1. The number of nitro groups is 1. The van der Waals surface area contributed by atoms with E-state index < -0.39 is 29.4 Å². The maximum atomic E-state index is 12.3. The van der Waals surface area contributed by atoms with Crippen molar-refractivity contribution in [3.05, 3.63) is 56.6 Å². The number of carbonyl (C=O) groups is 2. The number of nitrogens with one attached hydrogen (secondary N) is 1. The lowest BCUT2D eigenvalue weighted by atomic mass is 10.2. The Morgan fingerprint density at radius 1 is 1.35 bits per heavy atom. The minimum absolute atomic E-state index is 0.125. The van der Waals surface area contributed by atoms with Crippen molar-refractivity contribution < 1.29 is 29.1 Å². The third kappa shape index (κ3) is 5.54. The molecular weight excluding hydrogens is 453 g/mol. The number of hydrogen-bond donors (Lipinski definition) is 2. The number of hydrogen-bond acceptors (Lipinski definition) is 7. The Morgan fingerprint density at radius 3 is 2.87 bits per heavy atom. The van der Waals surface area contributed by atoms with Crippen LogP contribution in [0.15, 0.2) is 36.4 Å². The summed E-state index contributed by atoms with van der Waals surface area (Å²) in [6, 6.07) is 8.59. The minimum Gasteiger partial charge on any atom is -0.489 e. The van der Waals surface area contributed by atoms with Gasteiger partial charge in [0.15, 0.2) is 6.61 Å². The number of benzene rings is 2. The van der Waals surface area contributed by atoms with Gasteiger partial charge in [-0.05, 0) is 18.2 Å². The van der Waals surface area contributed by atoms with E-state index in [4.69, 9.17) is 32.7 Å². The van der Waals surface area contributed by atoms with E-state index in [0.717, 1.165) is 11.0 Å². The normalized spacial score (nSPS) is 13.8. The van der Waals surface area contributed by atoms with Crippen LogP contribution in [-0.4, -0.2) is 54.3 Å². The van der Waals surface area contributed by atoms with Crippen molar-refractivity contribution in [2.24, 2.45) is 0 Å². The number of amides is 2. The number of carbonyl (C=O) groups excluding carboxylic acids is 2. The van der Waals surface area contributed by atoms with Crippen LogP contribution in [0, 0.1) is 10.1 Å². The van der Waals surface area contributed by atoms with Gasteiger partial charge in [-0.2, -0.15) is 0 Å². The molecule has 31 heavy (non-hydrogen) atoms. The van der Waals surface area contributed by atoms with Crippen molar-refractivity contribution in [3.8, 4) is 11.5 Å². The highest BCUT2D eigenvalue weighted by atomic mass is 35.5. The Bertz CT molecular complexity index is 1020. The van der Waals surface area contributed by atoms with Crippen LogP contribution in [0.4, 0.5) is 11.4 Å². The van der Waals surface area contributed by atoms with Gasteiger partial charge in [0.25, 0.3) is 11.6 Å². The zero-order valence-electron chi connectivity index (χ0n) is 15.9. The first-order chi connectivity index (χ1) is 14.8. The maximum Gasteiger partial charge on any atom is 0.271 e. The van der Waals surface area contributed by atoms with E-state index in [2.05, 4.69) is 5.32 Å². The number of anilines is 1. The van der Waals surface area contributed by atoms with Crippen LogP contribution in [-0.2, 0) is 9.59 Å². The Labute approximate surface area is 186 Å². The standard InChI is InChI=1S/C19H17Cl2N3O7/c20-13-2-1-3-16(19(13)21)30-9-12(25)7-22-17(26)8-23-14-6-11(24(28)29)4-5-15(14)31-10-18(23)27/h1-6,12,25H,7-10H2,(H,22,26). The molecule has 0 fully saturated rings. The third-order valence-electron chi connectivity index (χ3n) is 4.28. The van der Waals surface area contributed by atoms with Crippen LogP contribution in [0.1, 0.15) is 0 Å². The van der Waals surface area contributed by atoms with E-state index in [1.54, 1.807) is 18.2 Å². The Hall–Kier alpha value is -3.08. The number of rotatable bonds is 8. The average molecular weight is 470 g/mol. The van der Waals surface area contributed by atoms with Crippen LogP contribution in [0.25, 0.3) is 0 Å². The molecule has 0 aliphatic carbocycles. The molecule has 2 N–H and O–H groups in total. The Kier molecular flexibility index (Phi) is 7.16. The van der Waals surface area contributed by atoms with Gasteiger partial charge in [-0.1, -0.05) is 29.3 Å². The highest BCUT2D eigenvalue weighted by Gasteiger charge is 2.29. The molecule has 0 radical (unpaired) electrons. The number of aliphatic hydroxyl groups is 1. The first-order valence-corrected chi connectivity index (χ1v) is 9.75. The van der Waals surface area contributed by atoms with Crippen molar-refractivity contribution in [2.75, 3.05) is 31.2 Å². The first kappa shape index (κ1) is 22.6. The van der Waals surface area contributed by atoms with Gasteiger partial charge in [-0.15, -0.1) is 0 Å².